The molecule has 0 saturated carbocycles. The van der Waals surface area contributed by atoms with Gasteiger partial charge in [-0.3, -0.25) is 10.1 Å². The molecule has 2 aromatic rings. The van der Waals surface area contributed by atoms with Crippen molar-refractivity contribution in [1.29, 1.82) is 0 Å². The molecule has 0 aromatic heterocycles. The van der Waals surface area contributed by atoms with Crippen molar-refractivity contribution in [2.75, 3.05) is 12.4 Å². The third-order valence-electron chi connectivity index (χ3n) is 3.68. The molecule has 3 amide bonds. The Kier molecular flexibility index (Phi) is 5.36. The quantitative estimate of drug-likeness (QED) is 0.813. The highest BCUT2D eigenvalue weighted by molar-refractivity contribution is 5.98. The first-order chi connectivity index (χ1) is 11.0. The molecule has 5 heteroatoms. The summed E-state index contributed by atoms with van der Waals surface area (Å²) in [6.45, 7) is 4.05. The smallest absolute Gasteiger partial charge is 0.321 e. The summed E-state index contributed by atoms with van der Waals surface area (Å²) in [5, 5.41) is 7.91. The van der Waals surface area contributed by atoms with E-state index in [-0.39, 0.29) is 0 Å². The van der Waals surface area contributed by atoms with Crippen LogP contribution in [0.4, 0.5) is 10.5 Å². The van der Waals surface area contributed by atoms with E-state index in [1.54, 1.807) is 0 Å². The van der Waals surface area contributed by atoms with E-state index in [2.05, 4.69) is 16.0 Å². The van der Waals surface area contributed by atoms with Crippen LogP contribution in [0.1, 0.15) is 22.7 Å². The predicted octanol–water partition coefficient (Wildman–Crippen LogP) is 2.91. The van der Waals surface area contributed by atoms with Crippen LogP contribution in [0.15, 0.2) is 48.5 Å². The van der Waals surface area contributed by atoms with E-state index in [0.717, 1.165) is 16.8 Å². The standard InChI is InChI=1S/C18H21N3O2/c1-12-9-10-15(11-13(12)2)20-16(14-7-5-4-6-8-14)17(22)21-18(23)19-3/h4-11,16,20H,1-3H3,(H2,19,21,22,23)/t16-/m0/s1. The Morgan fingerprint density at radius 2 is 1.65 bits per heavy atom. The van der Waals surface area contributed by atoms with Crippen LogP contribution in [0.2, 0.25) is 0 Å². The van der Waals surface area contributed by atoms with E-state index in [4.69, 9.17) is 0 Å². The second kappa shape index (κ2) is 7.45. The van der Waals surface area contributed by atoms with Crippen molar-refractivity contribution in [3.63, 3.8) is 0 Å². The zero-order chi connectivity index (χ0) is 16.8. The van der Waals surface area contributed by atoms with Gasteiger partial charge < -0.3 is 10.6 Å². The average molecular weight is 311 g/mol. The highest BCUT2D eigenvalue weighted by Gasteiger charge is 2.22. The number of hydrogen-bond donors (Lipinski definition) is 3. The van der Waals surface area contributed by atoms with Gasteiger partial charge in [0.15, 0.2) is 0 Å². The summed E-state index contributed by atoms with van der Waals surface area (Å²) in [4.78, 5) is 23.9. The molecule has 0 aliphatic heterocycles. The minimum absolute atomic E-state index is 0.409. The maximum absolute atomic E-state index is 12.4. The molecule has 0 heterocycles. The van der Waals surface area contributed by atoms with Gasteiger partial charge in [0.25, 0.3) is 5.91 Å². The normalized spacial score (nSPS) is 11.4. The molecule has 23 heavy (non-hydrogen) atoms. The molecule has 0 saturated heterocycles. The lowest BCUT2D eigenvalue weighted by Gasteiger charge is -2.20. The minimum atomic E-state index is -0.657. The maximum atomic E-state index is 12.4. The lowest BCUT2D eigenvalue weighted by molar-refractivity contribution is -0.120. The van der Waals surface area contributed by atoms with E-state index in [1.807, 2.05) is 62.4 Å². The number of hydrogen-bond acceptors (Lipinski definition) is 3. The molecule has 0 bridgehead atoms. The van der Waals surface area contributed by atoms with Crippen molar-refractivity contribution >= 4 is 17.6 Å². The molecule has 2 aromatic carbocycles. The van der Waals surface area contributed by atoms with Gasteiger partial charge in [-0.2, -0.15) is 0 Å². The second-order valence-electron chi connectivity index (χ2n) is 5.36. The molecule has 5 nitrogen and oxygen atoms in total. The van der Waals surface area contributed by atoms with Gasteiger partial charge in [0.05, 0.1) is 0 Å². The van der Waals surface area contributed by atoms with E-state index in [0.29, 0.717) is 0 Å². The van der Waals surface area contributed by atoms with E-state index < -0.39 is 18.0 Å². The van der Waals surface area contributed by atoms with Gasteiger partial charge >= 0.3 is 6.03 Å². The molecule has 0 unspecified atom stereocenters. The summed E-state index contributed by atoms with van der Waals surface area (Å²) in [5.41, 5.74) is 3.93. The van der Waals surface area contributed by atoms with Crippen LogP contribution >= 0.6 is 0 Å². The van der Waals surface area contributed by atoms with Crippen LogP contribution in [-0.4, -0.2) is 19.0 Å². The van der Waals surface area contributed by atoms with Gasteiger partial charge in [-0.05, 0) is 42.7 Å². The molecule has 2 rings (SSSR count). The highest BCUT2D eigenvalue weighted by atomic mass is 16.2. The molecular formula is C18H21N3O2. The molecule has 0 aliphatic carbocycles. The number of nitrogens with one attached hydrogen (secondary N) is 3. The lowest BCUT2D eigenvalue weighted by atomic mass is 10.0. The van der Waals surface area contributed by atoms with Crippen LogP contribution in [0.25, 0.3) is 0 Å². The van der Waals surface area contributed by atoms with Crippen molar-refractivity contribution < 1.29 is 9.59 Å². The van der Waals surface area contributed by atoms with Gasteiger partial charge in [-0.25, -0.2) is 4.79 Å². The van der Waals surface area contributed by atoms with Crippen LogP contribution < -0.4 is 16.0 Å². The SMILES string of the molecule is CNC(=O)NC(=O)[C@@H](Nc1ccc(C)c(C)c1)c1ccccc1. The average Bonchev–Trinajstić information content (AvgIpc) is 2.56. The van der Waals surface area contributed by atoms with Gasteiger partial charge in [-0.1, -0.05) is 36.4 Å². The Balaban J connectivity index is 2.28. The van der Waals surface area contributed by atoms with Crippen molar-refractivity contribution in [2.45, 2.75) is 19.9 Å². The second-order valence-corrected chi connectivity index (χ2v) is 5.36. The largest absolute Gasteiger partial charge is 0.370 e. The topological polar surface area (TPSA) is 70.2 Å². The summed E-state index contributed by atoms with van der Waals surface area (Å²) in [5.74, 6) is -0.409. The van der Waals surface area contributed by atoms with Gasteiger partial charge in [0, 0.05) is 12.7 Å². The molecule has 0 spiro atoms. The first kappa shape index (κ1) is 16.5. The highest BCUT2D eigenvalue weighted by Crippen LogP contribution is 2.22. The van der Waals surface area contributed by atoms with Gasteiger partial charge in [-0.15, -0.1) is 0 Å². The number of aryl methyl sites for hydroxylation is 2. The fourth-order valence-corrected chi connectivity index (χ4v) is 2.19. The van der Waals surface area contributed by atoms with Gasteiger partial charge in [0.2, 0.25) is 0 Å². The van der Waals surface area contributed by atoms with E-state index in [1.165, 1.54) is 12.6 Å². The van der Waals surface area contributed by atoms with Crippen LogP contribution in [0, 0.1) is 13.8 Å². The Bertz CT molecular complexity index is 699. The van der Waals surface area contributed by atoms with Crippen LogP contribution in [0.3, 0.4) is 0 Å². The summed E-state index contributed by atoms with van der Waals surface area (Å²) >= 11 is 0. The van der Waals surface area contributed by atoms with Crippen LogP contribution in [0.5, 0.6) is 0 Å². The Morgan fingerprint density at radius 1 is 0.957 bits per heavy atom. The third kappa shape index (κ3) is 4.32. The Morgan fingerprint density at radius 3 is 2.26 bits per heavy atom. The monoisotopic (exact) mass is 311 g/mol. The fraction of sp³-hybridized carbons (Fsp3) is 0.222. The molecule has 0 aliphatic rings. The number of anilines is 1. The number of benzene rings is 2. The number of carbonyl (C=O) groups excluding carboxylic acids is 2. The fourth-order valence-electron chi connectivity index (χ4n) is 2.19. The number of amides is 3. The van der Waals surface area contributed by atoms with E-state index >= 15 is 0 Å². The zero-order valence-electron chi connectivity index (χ0n) is 13.5. The number of carbonyl (C=O) groups is 2. The molecule has 0 radical (unpaired) electrons. The summed E-state index contributed by atoms with van der Waals surface area (Å²) in [6, 6.07) is 14.0. The van der Waals surface area contributed by atoms with Crippen LogP contribution in [-0.2, 0) is 4.79 Å². The summed E-state index contributed by atoms with van der Waals surface area (Å²) in [6.07, 6.45) is 0. The Hall–Kier alpha value is -2.82. The molecule has 120 valence electrons. The van der Waals surface area contributed by atoms with E-state index in [9.17, 15) is 9.59 Å². The molecule has 0 fully saturated rings. The third-order valence-corrected chi connectivity index (χ3v) is 3.68. The molecule has 3 N–H and O–H groups in total. The lowest BCUT2D eigenvalue weighted by Crippen LogP contribution is -2.42. The maximum Gasteiger partial charge on any atom is 0.321 e. The predicted molar refractivity (Wildman–Crippen MR) is 91.3 cm³/mol. The number of urea groups is 1. The number of imide groups is 1. The van der Waals surface area contributed by atoms with Crippen molar-refractivity contribution in [3.8, 4) is 0 Å². The molecular weight excluding hydrogens is 290 g/mol. The molecule has 1 atom stereocenters. The number of rotatable bonds is 4. The zero-order valence-corrected chi connectivity index (χ0v) is 13.5. The van der Waals surface area contributed by atoms with Gasteiger partial charge in [0.1, 0.15) is 6.04 Å². The Labute approximate surface area is 136 Å². The van der Waals surface area contributed by atoms with Crippen molar-refractivity contribution in [2.24, 2.45) is 0 Å². The summed E-state index contributed by atoms with van der Waals surface area (Å²) < 4.78 is 0. The summed E-state index contributed by atoms with van der Waals surface area (Å²) in [7, 11) is 1.47. The first-order valence-electron chi connectivity index (χ1n) is 7.42. The minimum Gasteiger partial charge on any atom is -0.370 e. The van der Waals surface area contributed by atoms with Crippen molar-refractivity contribution in [1.82, 2.24) is 10.6 Å². The van der Waals surface area contributed by atoms with Crippen molar-refractivity contribution in [3.05, 3.63) is 65.2 Å². The first-order valence-corrected chi connectivity index (χ1v) is 7.42.